The van der Waals surface area contributed by atoms with Crippen LogP contribution in [0.2, 0.25) is 0 Å². The Bertz CT molecular complexity index is 369. The highest BCUT2D eigenvalue weighted by atomic mass is 16.5. The molecule has 2 bridgehead atoms. The van der Waals surface area contributed by atoms with Gasteiger partial charge >= 0.3 is 0 Å². The first kappa shape index (κ1) is 12.4. The summed E-state index contributed by atoms with van der Waals surface area (Å²) >= 11 is 0. The molecule has 3 aliphatic rings. The summed E-state index contributed by atoms with van der Waals surface area (Å²) in [6, 6.07) is 0. The van der Waals surface area contributed by atoms with Crippen LogP contribution < -0.4 is 5.73 Å². The number of nitrogens with zero attached hydrogens (tertiary/aromatic N) is 1. The SMILES string of the molecule is CC1(C)CN(CC(N)=O)C[C@]2(C[C@@H]3CC[C@H]2C3)O1. The Kier molecular flexibility index (Phi) is 2.72. The largest absolute Gasteiger partial charge is 0.369 e. The predicted octanol–water partition coefficient (Wildman–Crippen LogP) is 1.14. The molecule has 3 rings (SSSR count). The summed E-state index contributed by atoms with van der Waals surface area (Å²) in [7, 11) is 0. The Hall–Kier alpha value is -0.610. The Balaban J connectivity index is 1.80. The average Bonchev–Trinajstić information content (AvgIpc) is 2.72. The van der Waals surface area contributed by atoms with E-state index in [1.807, 2.05) is 0 Å². The van der Waals surface area contributed by atoms with Gasteiger partial charge in [0.2, 0.25) is 5.91 Å². The smallest absolute Gasteiger partial charge is 0.231 e. The van der Waals surface area contributed by atoms with E-state index in [0.29, 0.717) is 12.5 Å². The number of ether oxygens (including phenoxy) is 1. The summed E-state index contributed by atoms with van der Waals surface area (Å²) < 4.78 is 6.47. The molecule has 3 atom stereocenters. The average molecular weight is 252 g/mol. The van der Waals surface area contributed by atoms with Gasteiger partial charge in [-0.1, -0.05) is 0 Å². The maximum absolute atomic E-state index is 11.2. The second-order valence-corrected chi connectivity index (χ2v) is 7.12. The highest BCUT2D eigenvalue weighted by Gasteiger charge is 2.56. The minimum absolute atomic E-state index is 0.000116. The highest BCUT2D eigenvalue weighted by Crippen LogP contribution is 2.55. The van der Waals surface area contributed by atoms with E-state index >= 15 is 0 Å². The van der Waals surface area contributed by atoms with Gasteiger partial charge in [0.1, 0.15) is 0 Å². The fourth-order valence-corrected chi connectivity index (χ4v) is 4.63. The number of hydrogen-bond acceptors (Lipinski definition) is 3. The Morgan fingerprint density at radius 1 is 1.39 bits per heavy atom. The summed E-state index contributed by atoms with van der Waals surface area (Å²) in [5, 5.41) is 0. The van der Waals surface area contributed by atoms with Gasteiger partial charge in [0.15, 0.2) is 0 Å². The van der Waals surface area contributed by atoms with Gasteiger partial charge in [-0.25, -0.2) is 0 Å². The molecule has 0 aromatic heterocycles. The predicted molar refractivity (Wildman–Crippen MR) is 69.0 cm³/mol. The molecule has 102 valence electrons. The standard InChI is InChI=1S/C14H24N2O2/c1-13(2)8-16(7-12(15)17)9-14(18-13)6-10-3-4-11(14)5-10/h10-11H,3-9H2,1-2H3,(H2,15,17)/t10-,11+,14+/m1/s1. The van der Waals surface area contributed by atoms with Crippen LogP contribution in [0, 0.1) is 11.8 Å². The molecule has 0 aromatic rings. The molecule has 3 fully saturated rings. The van der Waals surface area contributed by atoms with Crippen molar-refractivity contribution in [2.75, 3.05) is 19.6 Å². The number of primary amides is 1. The Morgan fingerprint density at radius 2 is 2.17 bits per heavy atom. The van der Waals surface area contributed by atoms with Crippen molar-refractivity contribution in [2.24, 2.45) is 17.6 Å². The van der Waals surface area contributed by atoms with Crippen molar-refractivity contribution < 1.29 is 9.53 Å². The molecular weight excluding hydrogens is 228 g/mol. The van der Waals surface area contributed by atoms with Crippen LogP contribution in [0.25, 0.3) is 0 Å². The van der Waals surface area contributed by atoms with E-state index in [4.69, 9.17) is 10.5 Å². The number of nitrogens with two attached hydrogens (primary N) is 1. The maximum atomic E-state index is 11.2. The number of carbonyl (C=O) groups is 1. The summed E-state index contributed by atoms with van der Waals surface area (Å²) in [5.74, 6) is 1.31. The van der Waals surface area contributed by atoms with E-state index in [9.17, 15) is 4.79 Å². The number of hydrogen-bond donors (Lipinski definition) is 1. The van der Waals surface area contributed by atoms with Crippen molar-refractivity contribution in [3.05, 3.63) is 0 Å². The van der Waals surface area contributed by atoms with E-state index in [1.165, 1.54) is 25.7 Å². The van der Waals surface area contributed by atoms with E-state index in [0.717, 1.165) is 19.0 Å². The van der Waals surface area contributed by atoms with Gasteiger partial charge in [0, 0.05) is 13.1 Å². The monoisotopic (exact) mass is 252 g/mol. The molecule has 1 amide bonds. The highest BCUT2D eigenvalue weighted by molar-refractivity contribution is 5.75. The first-order valence-corrected chi connectivity index (χ1v) is 7.09. The Morgan fingerprint density at radius 3 is 2.72 bits per heavy atom. The lowest BCUT2D eigenvalue weighted by Gasteiger charge is -2.52. The first-order chi connectivity index (χ1) is 8.39. The number of fused-ring (bicyclic) bond motifs is 3. The molecule has 4 nitrogen and oxygen atoms in total. The van der Waals surface area contributed by atoms with Crippen LogP contribution in [-0.4, -0.2) is 41.6 Å². The van der Waals surface area contributed by atoms with Crippen molar-refractivity contribution in [3.8, 4) is 0 Å². The zero-order chi connectivity index (χ0) is 13.0. The van der Waals surface area contributed by atoms with Gasteiger partial charge < -0.3 is 10.5 Å². The van der Waals surface area contributed by atoms with Crippen LogP contribution >= 0.6 is 0 Å². The number of amides is 1. The minimum Gasteiger partial charge on any atom is -0.369 e. The summed E-state index contributed by atoms with van der Waals surface area (Å²) in [5.41, 5.74) is 5.19. The van der Waals surface area contributed by atoms with Crippen molar-refractivity contribution in [2.45, 2.75) is 50.7 Å². The summed E-state index contributed by atoms with van der Waals surface area (Å²) in [6.07, 6.45) is 5.16. The molecule has 1 heterocycles. The molecule has 2 N–H and O–H groups in total. The van der Waals surface area contributed by atoms with Gasteiger partial charge in [-0.15, -0.1) is 0 Å². The fourth-order valence-electron chi connectivity index (χ4n) is 4.63. The molecule has 0 unspecified atom stereocenters. The van der Waals surface area contributed by atoms with E-state index in [-0.39, 0.29) is 17.1 Å². The third kappa shape index (κ3) is 2.05. The van der Waals surface area contributed by atoms with Crippen molar-refractivity contribution in [1.29, 1.82) is 0 Å². The lowest BCUT2D eigenvalue weighted by atomic mass is 9.81. The summed E-state index contributed by atoms with van der Waals surface area (Å²) in [6.45, 7) is 6.32. The second kappa shape index (κ2) is 3.94. The molecule has 1 saturated heterocycles. The number of carbonyl (C=O) groups excluding carboxylic acids is 1. The molecule has 2 saturated carbocycles. The van der Waals surface area contributed by atoms with Crippen LogP contribution in [0.15, 0.2) is 0 Å². The fraction of sp³-hybridized carbons (Fsp3) is 0.929. The third-order valence-electron chi connectivity index (χ3n) is 4.87. The van der Waals surface area contributed by atoms with Crippen molar-refractivity contribution in [3.63, 3.8) is 0 Å². The minimum atomic E-state index is -0.231. The zero-order valence-corrected chi connectivity index (χ0v) is 11.4. The van der Waals surface area contributed by atoms with E-state index < -0.39 is 0 Å². The third-order valence-corrected chi connectivity index (χ3v) is 4.87. The Labute approximate surface area is 109 Å². The lowest BCUT2D eigenvalue weighted by molar-refractivity contribution is -0.216. The van der Waals surface area contributed by atoms with Gasteiger partial charge in [-0.3, -0.25) is 9.69 Å². The molecule has 4 heteroatoms. The second-order valence-electron chi connectivity index (χ2n) is 7.12. The van der Waals surface area contributed by atoms with Crippen LogP contribution in [0.1, 0.15) is 39.5 Å². The maximum Gasteiger partial charge on any atom is 0.231 e. The van der Waals surface area contributed by atoms with Gasteiger partial charge in [-0.05, 0) is 51.4 Å². The van der Waals surface area contributed by atoms with E-state index in [2.05, 4.69) is 18.7 Å². The molecule has 2 aliphatic carbocycles. The summed E-state index contributed by atoms with van der Waals surface area (Å²) in [4.78, 5) is 13.4. The van der Waals surface area contributed by atoms with Gasteiger partial charge in [0.25, 0.3) is 0 Å². The molecule has 1 aliphatic heterocycles. The van der Waals surface area contributed by atoms with E-state index in [1.54, 1.807) is 0 Å². The van der Waals surface area contributed by atoms with Crippen molar-refractivity contribution in [1.82, 2.24) is 4.90 Å². The van der Waals surface area contributed by atoms with Crippen LogP contribution in [0.3, 0.4) is 0 Å². The lowest BCUT2D eigenvalue weighted by Crippen LogP contribution is -2.62. The van der Waals surface area contributed by atoms with Gasteiger partial charge in [-0.2, -0.15) is 0 Å². The quantitative estimate of drug-likeness (QED) is 0.802. The molecule has 18 heavy (non-hydrogen) atoms. The van der Waals surface area contributed by atoms with Crippen molar-refractivity contribution >= 4 is 5.91 Å². The molecule has 1 spiro atoms. The normalized spacial score (nSPS) is 42.6. The van der Waals surface area contributed by atoms with Gasteiger partial charge in [0.05, 0.1) is 17.7 Å². The molecule has 0 aromatic carbocycles. The van der Waals surface area contributed by atoms with Crippen LogP contribution in [0.5, 0.6) is 0 Å². The number of rotatable bonds is 2. The van der Waals surface area contributed by atoms with Crippen LogP contribution in [0.4, 0.5) is 0 Å². The molecule has 0 radical (unpaired) electrons. The number of morpholine rings is 1. The molecular formula is C14H24N2O2. The zero-order valence-electron chi connectivity index (χ0n) is 11.4. The first-order valence-electron chi connectivity index (χ1n) is 7.09. The topological polar surface area (TPSA) is 55.6 Å². The van der Waals surface area contributed by atoms with Crippen LogP contribution in [-0.2, 0) is 9.53 Å².